The largest absolute Gasteiger partial charge is 0.118 e. The third-order valence-electron chi connectivity index (χ3n) is 1.05. The Kier molecular flexibility index (Phi) is 2.03. The summed E-state index contributed by atoms with van der Waals surface area (Å²) in [7, 11) is 0. The molecule has 0 spiro atoms. The van der Waals surface area contributed by atoms with Crippen molar-refractivity contribution in [3.05, 3.63) is 11.6 Å². The van der Waals surface area contributed by atoms with Gasteiger partial charge in [0.2, 0.25) is 0 Å². The minimum atomic E-state index is 0.478. The highest BCUT2D eigenvalue weighted by Gasteiger charge is 1.90. The Hall–Kier alpha value is 0.340. The Morgan fingerprint density at radius 3 is 3.00 bits per heavy atom. The Labute approximate surface area is 54.4 Å². The van der Waals surface area contributed by atoms with Crippen LogP contribution in [-0.4, -0.2) is 8.44 Å². The highest BCUT2D eigenvalue weighted by molar-refractivity contribution is 14.2. The van der Waals surface area contributed by atoms with Gasteiger partial charge < -0.3 is 0 Å². The third-order valence-corrected chi connectivity index (χ3v) is 3.24. The van der Waals surface area contributed by atoms with Gasteiger partial charge in [-0.2, -0.15) is 0 Å². The van der Waals surface area contributed by atoms with E-state index in [1.165, 1.54) is 10.8 Å². The number of hydrogen-bond donors (Lipinski definition) is 0. The van der Waals surface area contributed by atoms with Crippen LogP contribution in [-0.2, 0) is 0 Å². The molecule has 0 radical (unpaired) electrons. The van der Waals surface area contributed by atoms with Crippen LogP contribution in [0, 0.1) is 0 Å². The van der Waals surface area contributed by atoms with E-state index in [4.69, 9.17) is 0 Å². The van der Waals surface area contributed by atoms with Crippen molar-refractivity contribution in [2.24, 2.45) is 0 Å². The standard InChI is InChI=1S/C6H9I/c1-2-6-3-4-7-5-6/h3,5H,2,4H2,1H3. The minimum Gasteiger partial charge on any atom is -0.118 e. The van der Waals surface area contributed by atoms with Crippen LogP contribution < -0.4 is 0 Å². The SMILES string of the molecule is CCC1=CCI=C1. The molecule has 0 saturated heterocycles. The number of halogens is 1. The summed E-state index contributed by atoms with van der Waals surface area (Å²) in [5, 5.41) is 0. The Balaban J connectivity index is 2.52. The molecule has 0 saturated carbocycles. The summed E-state index contributed by atoms with van der Waals surface area (Å²) in [6.07, 6.45) is 3.62. The van der Waals surface area contributed by atoms with E-state index < -0.39 is 0 Å². The topological polar surface area (TPSA) is 0 Å². The minimum absolute atomic E-state index is 0.478. The maximum Gasteiger partial charge on any atom is 0.0134 e. The van der Waals surface area contributed by atoms with Gasteiger partial charge >= 0.3 is 0 Å². The second-order valence-corrected chi connectivity index (χ2v) is 3.93. The second kappa shape index (κ2) is 2.60. The molecule has 40 valence electrons. The molecule has 0 atom stereocenters. The van der Waals surface area contributed by atoms with Crippen LogP contribution in [0.25, 0.3) is 0 Å². The zero-order valence-corrected chi connectivity index (χ0v) is 6.60. The van der Waals surface area contributed by atoms with Crippen LogP contribution in [0.5, 0.6) is 0 Å². The van der Waals surface area contributed by atoms with Gasteiger partial charge in [-0.3, -0.25) is 0 Å². The molecule has 1 rings (SSSR count). The molecule has 1 aliphatic rings. The molecule has 1 aliphatic heterocycles. The first-order valence-corrected chi connectivity index (χ1v) is 5.30. The van der Waals surface area contributed by atoms with E-state index in [9.17, 15) is 0 Å². The quantitative estimate of drug-likeness (QED) is 0.457. The number of hydrogen-bond acceptors (Lipinski definition) is 0. The van der Waals surface area contributed by atoms with Gasteiger partial charge in [-0.15, -0.1) is 20.7 Å². The normalized spacial score (nSPS) is 18.7. The van der Waals surface area contributed by atoms with Crippen LogP contribution in [0.1, 0.15) is 13.3 Å². The molecule has 7 heavy (non-hydrogen) atoms. The number of alkyl halides is 1. The zero-order chi connectivity index (χ0) is 5.11. The lowest BCUT2D eigenvalue weighted by Crippen LogP contribution is -1.72. The first kappa shape index (κ1) is 5.48. The molecule has 1 heteroatoms. The number of rotatable bonds is 1. The van der Waals surface area contributed by atoms with Crippen molar-refractivity contribution in [1.82, 2.24) is 0 Å². The number of allylic oxidation sites excluding steroid dienone is 2. The van der Waals surface area contributed by atoms with Crippen LogP contribution in [0.4, 0.5) is 0 Å². The molecular weight excluding hydrogens is 199 g/mol. The van der Waals surface area contributed by atoms with Crippen molar-refractivity contribution >= 4 is 24.7 Å². The first-order valence-electron chi connectivity index (χ1n) is 2.53. The fourth-order valence-corrected chi connectivity index (χ4v) is 2.89. The Morgan fingerprint density at radius 2 is 2.71 bits per heavy atom. The van der Waals surface area contributed by atoms with E-state index in [0.717, 1.165) is 0 Å². The predicted octanol–water partition coefficient (Wildman–Crippen LogP) is 2.11. The average molecular weight is 208 g/mol. The molecular formula is C6H9I. The van der Waals surface area contributed by atoms with Gasteiger partial charge in [0.25, 0.3) is 0 Å². The third kappa shape index (κ3) is 1.37. The van der Waals surface area contributed by atoms with E-state index in [0.29, 0.717) is 20.7 Å². The first-order chi connectivity index (χ1) is 3.43. The summed E-state index contributed by atoms with van der Waals surface area (Å²) in [6, 6.07) is 0. The van der Waals surface area contributed by atoms with Crippen molar-refractivity contribution < 1.29 is 0 Å². The highest BCUT2D eigenvalue weighted by atomic mass is 127. The van der Waals surface area contributed by atoms with Crippen molar-refractivity contribution in [3.8, 4) is 0 Å². The Bertz CT molecular complexity index is 111. The van der Waals surface area contributed by atoms with Crippen LogP contribution in [0.3, 0.4) is 0 Å². The molecule has 0 N–H and O–H groups in total. The van der Waals surface area contributed by atoms with Crippen molar-refractivity contribution in [2.45, 2.75) is 13.3 Å². The Morgan fingerprint density at radius 1 is 1.86 bits per heavy atom. The van der Waals surface area contributed by atoms with E-state index in [1.807, 2.05) is 0 Å². The molecule has 0 aromatic rings. The second-order valence-electron chi connectivity index (χ2n) is 1.55. The lowest BCUT2D eigenvalue weighted by Gasteiger charge is -1.83. The van der Waals surface area contributed by atoms with E-state index in [-0.39, 0.29) is 0 Å². The van der Waals surface area contributed by atoms with Gasteiger partial charge in [0.1, 0.15) is 0 Å². The fourth-order valence-electron chi connectivity index (χ4n) is 0.553. The predicted molar refractivity (Wildman–Crippen MR) is 43.3 cm³/mol. The van der Waals surface area contributed by atoms with Crippen LogP contribution in [0.2, 0.25) is 0 Å². The van der Waals surface area contributed by atoms with Crippen molar-refractivity contribution in [2.75, 3.05) is 4.43 Å². The van der Waals surface area contributed by atoms with Crippen LogP contribution >= 0.6 is 20.7 Å². The van der Waals surface area contributed by atoms with E-state index >= 15 is 0 Å². The maximum absolute atomic E-state index is 2.43. The lowest BCUT2D eigenvalue weighted by atomic mass is 10.2. The molecule has 0 fully saturated rings. The van der Waals surface area contributed by atoms with Gasteiger partial charge in [0.05, 0.1) is 0 Å². The highest BCUT2D eigenvalue weighted by Crippen LogP contribution is 2.12. The molecule has 0 aliphatic carbocycles. The summed E-state index contributed by atoms with van der Waals surface area (Å²) >= 11 is 0.478. The average Bonchev–Trinajstić information content (AvgIpc) is 2.14. The molecule has 0 unspecified atom stereocenters. The van der Waals surface area contributed by atoms with Gasteiger partial charge in [0, 0.05) is 4.43 Å². The smallest absolute Gasteiger partial charge is 0.0134 e. The van der Waals surface area contributed by atoms with Crippen molar-refractivity contribution in [1.29, 1.82) is 0 Å². The monoisotopic (exact) mass is 208 g/mol. The maximum atomic E-state index is 2.43. The summed E-state index contributed by atoms with van der Waals surface area (Å²) in [6.45, 7) is 2.22. The fraction of sp³-hybridized carbons (Fsp3) is 0.500. The molecule has 0 aromatic carbocycles. The van der Waals surface area contributed by atoms with Gasteiger partial charge in [0.15, 0.2) is 0 Å². The lowest BCUT2D eigenvalue weighted by molar-refractivity contribution is 1.18. The van der Waals surface area contributed by atoms with Gasteiger partial charge in [-0.25, -0.2) is 0 Å². The van der Waals surface area contributed by atoms with Crippen molar-refractivity contribution in [3.63, 3.8) is 0 Å². The molecule has 0 nitrogen and oxygen atoms in total. The molecule has 1 heterocycles. The van der Waals surface area contributed by atoms with E-state index in [2.05, 4.69) is 17.0 Å². The molecule has 0 amide bonds. The summed E-state index contributed by atoms with van der Waals surface area (Å²) < 4.78 is 3.82. The summed E-state index contributed by atoms with van der Waals surface area (Å²) in [5.74, 6) is 0. The summed E-state index contributed by atoms with van der Waals surface area (Å²) in [5.41, 5.74) is 1.59. The van der Waals surface area contributed by atoms with E-state index in [1.54, 1.807) is 5.57 Å². The van der Waals surface area contributed by atoms with Crippen LogP contribution in [0.15, 0.2) is 11.6 Å². The summed E-state index contributed by atoms with van der Waals surface area (Å²) in [4.78, 5) is 0. The van der Waals surface area contributed by atoms with Gasteiger partial charge in [-0.1, -0.05) is 13.0 Å². The van der Waals surface area contributed by atoms with Gasteiger partial charge in [-0.05, 0) is 16.0 Å². The molecule has 0 aromatic heterocycles. The molecule has 0 bridgehead atoms. The zero-order valence-electron chi connectivity index (χ0n) is 4.45.